The molecule has 106 valence electrons. The summed E-state index contributed by atoms with van der Waals surface area (Å²) < 4.78 is 9.98. The third-order valence-electron chi connectivity index (χ3n) is 4.30. The predicted molar refractivity (Wildman–Crippen MR) is 70.7 cm³/mol. The molecule has 2 heterocycles. The molecule has 0 aromatic heterocycles. The predicted octanol–water partition coefficient (Wildman–Crippen LogP) is 1.20. The molecule has 2 saturated heterocycles. The molecule has 5 nitrogen and oxygen atoms in total. The van der Waals surface area contributed by atoms with Crippen molar-refractivity contribution < 1.29 is 19.1 Å². The lowest BCUT2D eigenvalue weighted by molar-refractivity contribution is -0.147. The van der Waals surface area contributed by atoms with Crippen molar-refractivity contribution in [2.45, 2.75) is 24.9 Å². The molecule has 20 heavy (non-hydrogen) atoms. The summed E-state index contributed by atoms with van der Waals surface area (Å²) in [6.45, 7) is 0.414. The zero-order chi connectivity index (χ0) is 14.2. The van der Waals surface area contributed by atoms with E-state index in [0.29, 0.717) is 19.4 Å². The van der Waals surface area contributed by atoms with Crippen LogP contribution in [0.1, 0.15) is 24.4 Å². The fourth-order valence-electron chi connectivity index (χ4n) is 3.28. The molecule has 5 heteroatoms. The van der Waals surface area contributed by atoms with E-state index in [0.717, 1.165) is 5.56 Å². The maximum absolute atomic E-state index is 12.2. The second kappa shape index (κ2) is 4.90. The Balaban J connectivity index is 1.97. The van der Waals surface area contributed by atoms with Crippen molar-refractivity contribution in [1.82, 2.24) is 5.32 Å². The molecule has 0 saturated carbocycles. The number of ether oxygens (including phenoxy) is 2. The Morgan fingerprint density at radius 1 is 1.40 bits per heavy atom. The van der Waals surface area contributed by atoms with Gasteiger partial charge in [-0.2, -0.15) is 0 Å². The van der Waals surface area contributed by atoms with E-state index in [1.807, 2.05) is 30.3 Å². The maximum Gasteiger partial charge on any atom is 0.322 e. The number of hydrogen-bond acceptors (Lipinski definition) is 5. The molecule has 1 aromatic rings. The Labute approximate surface area is 117 Å². The number of nitrogens with one attached hydrogen (secondary N) is 1. The highest BCUT2D eigenvalue weighted by molar-refractivity contribution is 5.84. The number of rotatable bonds is 2. The SMILES string of the molecule is COC(=O)[C@H]1C[C@@]2(CCOC2=O)[C@@H](c2ccccc2)N1. The maximum atomic E-state index is 12.2. The summed E-state index contributed by atoms with van der Waals surface area (Å²) in [5.41, 5.74) is 0.345. The number of hydrogen-bond donors (Lipinski definition) is 1. The molecular weight excluding hydrogens is 258 g/mol. The lowest BCUT2D eigenvalue weighted by Gasteiger charge is -2.26. The largest absolute Gasteiger partial charge is 0.468 e. The number of methoxy groups -OCH3 is 1. The molecule has 3 atom stereocenters. The smallest absolute Gasteiger partial charge is 0.322 e. The van der Waals surface area contributed by atoms with Crippen molar-refractivity contribution in [3.63, 3.8) is 0 Å². The van der Waals surface area contributed by atoms with E-state index < -0.39 is 11.5 Å². The summed E-state index contributed by atoms with van der Waals surface area (Å²) in [6, 6.07) is 9.04. The first kappa shape index (κ1) is 13.1. The summed E-state index contributed by atoms with van der Waals surface area (Å²) in [4.78, 5) is 24.0. The van der Waals surface area contributed by atoms with Gasteiger partial charge in [0.15, 0.2) is 0 Å². The van der Waals surface area contributed by atoms with Gasteiger partial charge in [-0.1, -0.05) is 30.3 Å². The van der Waals surface area contributed by atoms with Gasteiger partial charge in [0.25, 0.3) is 0 Å². The van der Waals surface area contributed by atoms with Crippen molar-refractivity contribution in [2.24, 2.45) is 5.41 Å². The molecule has 2 aliphatic heterocycles. The van der Waals surface area contributed by atoms with Gasteiger partial charge < -0.3 is 9.47 Å². The van der Waals surface area contributed by atoms with Crippen LogP contribution in [0, 0.1) is 5.41 Å². The van der Waals surface area contributed by atoms with Crippen molar-refractivity contribution in [1.29, 1.82) is 0 Å². The van der Waals surface area contributed by atoms with Gasteiger partial charge in [-0.3, -0.25) is 14.9 Å². The molecule has 0 radical (unpaired) electrons. The van der Waals surface area contributed by atoms with E-state index in [1.54, 1.807) is 0 Å². The van der Waals surface area contributed by atoms with E-state index in [2.05, 4.69) is 5.32 Å². The van der Waals surface area contributed by atoms with Gasteiger partial charge in [-0.15, -0.1) is 0 Å². The van der Waals surface area contributed by atoms with Gasteiger partial charge in [0.05, 0.1) is 19.1 Å². The lowest BCUT2D eigenvalue weighted by Crippen LogP contribution is -2.34. The second-order valence-electron chi connectivity index (χ2n) is 5.33. The fourth-order valence-corrected chi connectivity index (χ4v) is 3.28. The van der Waals surface area contributed by atoms with Crippen LogP contribution in [0.15, 0.2) is 30.3 Å². The summed E-state index contributed by atoms with van der Waals surface area (Å²) in [5.74, 6) is -0.548. The normalized spacial score (nSPS) is 32.4. The third kappa shape index (κ3) is 1.89. The van der Waals surface area contributed by atoms with Crippen LogP contribution in [0.3, 0.4) is 0 Å². The Morgan fingerprint density at radius 3 is 2.75 bits per heavy atom. The zero-order valence-corrected chi connectivity index (χ0v) is 11.3. The summed E-state index contributed by atoms with van der Waals surface area (Å²) in [6.07, 6.45) is 1.06. The molecule has 0 aliphatic carbocycles. The minimum absolute atomic E-state index is 0.206. The topological polar surface area (TPSA) is 64.6 Å². The first-order valence-electron chi connectivity index (χ1n) is 6.73. The first-order valence-corrected chi connectivity index (χ1v) is 6.73. The number of carbonyl (C=O) groups is 2. The molecule has 2 fully saturated rings. The third-order valence-corrected chi connectivity index (χ3v) is 4.30. The van der Waals surface area contributed by atoms with Crippen LogP contribution >= 0.6 is 0 Å². The standard InChI is InChI=1S/C15H17NO4/c1-19-13(17)11-9-15(7-8-20-14(15)18)12(16-11)10-5-3-2-4-6-10/h2-6,11-12,16H,7-9H2,1H3/t11-,12-,15+/m1/s1. The van der Waals surface area contributed by atoms with Crippen LogP contribution in [-0.4, -0.2) is 31.7 Å². The van der Waals surface area contributed by atoms with Crippen molar-refractivity contribution >= 4 is 11.9 Å². The highest BCUT2D eigenvalue weighted by Gasteiger charge is 2.58. The molecule has 1 aromatic carbocycles. The van der Waals surface area contributed by atoms with Gasteiger partial charge in [-0.05, 0) is 18.4 Å². The number of carbonyl (C=O) groups excluding carboxylic acids is 2. The van der Waals surface area contributed by atoms with Crippen molar-refractivity contribution in [3.05, 3.63) is 35.9 Å². The molecule has 0 amide bonds. The van der Waals surface area contributed by atoms with E-state index in [4.69, 9.17) is 9.47 Å². The van der Waals surface area contributed by atoms with E-state index in [9.17, 15) is 9.59 Å². The molecule has 0 bridgehead atoms. The van der Waals surface area contributed by atoms with Gasteiger partial charge in [-0.25, -0.2) is 0 Å². The lowest BCUT2D eigenvalue weighted by atomic mass is 9.75. The quantitative estimate of drug-likeness (QED) is 0.822. The van der Waals surface area contributed by atoms with Crippen LogP contribution < -0.4 is 5.32 Å². The molecule has 2 aliphatic rings. The van der Waals surface area contributed by atoms with E-state index in [1.165, 1.54) is 7.11 Å². The van der Waals surface area contributed by atoms with Crippen LogP contribution in [0.4, 0.5) is 0 Å². The van der Waals surface area contributed by atoms with Crippen LogP contribution in [0.5, 0.6) is 0 Å². The number of benzene rings is 1. The fraction of sp³-hybridized carbons (Fsp3) is 0.467. The Bertz CT molecular complexity index is 530. The monoisotopic (exact) mass is 275 g/mol. The highest BCUT2D eigenvalue weighted by atomic mass is 16.5. The minimum Gasteiger partial charge on any atom is -0.468 e. The summed E-state index contributed by atoms with van der Waals surface area (Å²) in [5, 5.41) is 3.25. The van der Waals surface area contributed by atoms with Gasteiger partial charge in [0.1, 0.15) is 6.04 Å². The Morgan fingerprint density at radius 2 is 2.15 bits per heavy atom. The minimum atomic E-state index is -0.653. The summed E-state index contributed by atoms with van der Waals surface area (Å²) in [7, 11) is 1.36. The average molecular weight is 275 g/mol. The molecule has 1 N–H and O–H groups in total. The van der Waals surface area contributed by atoms with Gasteiger partial charge in [0.2, 0.25) is 0 Å². The molecule has 0 unspecified atom stereocenters. The van der Waals surface area contributed by atoms with Crippen molar-refractivity contribution in [3.8, 4) is 0 Å². The van der Waals surface area contributed by atoms with Crippen molar-refractivity contribution in [2.75, 3.05) is 13.7 Å². The molecule has 3 rings (SSSR count). The van der Waals surface area contributed by atoms with Gasteiger partial charge in [0, 0.05) is 6.04 Å². The first-order chi connectivity index (χ1) is 9.67. The number of cyclic esters (lactones) is 1. The van der Waals surface area contributed by atoms with E-state index >= 15 is 0 Å². The highest BCUT2D eigenvalue weighted by Crippen LogP contribution is 2.50. The Hall–Kier alpha value is -1.88. The average Bonchev–Trinajstić information content (AvgIpc) is 3.05. The van der Waals surface area contributed by atoms with E-state index in [-0.39, 0.29) is 18.0 Å². The Kier molecular flexibility index (Phi) is 3.22. The van der Waals surface area contributed by atoms with Crippen LogP contribution in [0.2, 0.25) is 0 Å². The molecule has 1 spiro atoms. The molecular formula is C15H17NO4. The van der Waals surface area contributed by atoms with Crippen LogP contribution in [-0.2, 0) is 19.1 Å². The van der Waals surface area contributed by atoms with Gasteiger partial charge >= 0.3 is 11.9 Å². The summed E-state index contributed by atoms with van der Waals surface area (Å²) >= 11 is 0. The number of esters is 2. The zero-order valence-electron chi connectivity index (χ0n) is 11.3. The van der Waals surface area contributed by atoms with Crippen LogP contribution in [0.25, 0.3) is 0 Å². The second-order valence-corrected chi connectivity index (χ2v) is 5.33.